The van der Waals surface area contributed by atoms with Crippen molar-refractivity contribution in [2.24, 2.45) is 5.92 Å². The first-order valence-corrected chi connectivity index (χ1v) is 23.7. The lowest BCUT2D eigenvalue weighted by molar-refractivity contribution is -0.248. The van der Waals surface area contributed by atoms with E-state index in [4.69, 9.17) is 23.7 Å². The van der Waals surface area contributed by atoms with Crippen molar-refractivity contribution >= 4 is 17.2 Å². The number of carbonyl (C=O) groups excluding carboxylic acids is 1. The fourth-order valence-corrected chi connectivity index (χ4v) is 10.6. The molecule has 6 aromatic rings. The summed E-state index contributed by atoms with van der Waals surface area (Å²) < 4.78 is 50.7. The summed E-state index contributed by atoms with van der Waals surface area (Å²) in [5.74, 6) is 1.15. The summed E-state index contributed by atoms with van der Waals surface area (Å²) in [6.07, 6.45) is 0.753. The van der Waals surface area contributed by atoms with Crippen molar-refractivity contribution in [3.63, 3.8) is 0 Å². The number of ether oxygens (including phenoxy) is 5. The molecule has 1 aliphatic carbocycles. The van der Waals surface area contributed by atoms with E-state index >= 15 is 4.39 Å². The van der Waals surface area contributed by atoms with Crippen molar-refractivity contribution in [2.75, 3.05) is 13.2 Å². The molecule has 5 atom stereocenters. The van der Waals surface area contributed by atoms with Gasteiger partial charge in [0, 0.05) is 40.7 Å². The first kappa shape index (κ1) is 44.1. The smallest absolute Gasteiger partial charge is 0.225 e. The second-order valence-electron chi connectivity index (χ2n) is 17.5. The summed E-state index contributed by atoms with van der Waals surface area (Å²) in [5.41, 5.74) is 8.15. The van der Waals surface area contributed by atoms with Gasteiger partial charge >= 0.3 is 0 Å². The van der Waals surface area contributed by atoms with E-state index in [1.807, 2.05) is 133 Å². The first-order chi connectivity index (χ1) is 31.4. The van der Waals surface area contributed by atoms with Gasteiger partial charge in [0.15, 0.2) is 6.17 Å². The Labute approximate surface area is 381 Å². The summed E-state index contributed by atoms with van der Waals surface area (Å²) in [6, 6.07) is 46.4. The number of halogens is 1. The topological polar surface area (TPSA) is 66.5 Å². The molecule has 7 nitrogen and oxygen atoms in total. The van der Waals surface area contributed by atoms with Crippen LogP contribution in [0.25, 0.3) is 0 Å². The Kier molecular flexibility index (Phi) is 14.6. The molecule has 1 amide bonds. The zero-order valence-electron chi connectivity index (χ0n) is 36.6. The monoisotopic (exact) mass is 879 g/mol. The number of thiophene rings is 1. The van der Waals surface area contributed by atoms with Gasteiger partial charge in [-0.15, -0.1) is 11.3 Å². The highest BCUT2D eigenvalue weighted by Gasteiger charge is 2.49. The second-order valence-corrected chi connectivity index (χ2v) is 18.7. The summed E-state index contributed by atoms with van der Waals surface area (Å²) in [6.45, 7) is 4.69. The molecular weight excluding hydrogens is 822 g/mol. The lowest BCUT2D eigenvalue weighted by atomic mass is 9.88. The molecule has 3 heterocycles. The normalized spacial score (nSPS) is 21.2. The Morgan fingerprint density at radius 2 is 1.31 bits per heavy atom. The van der Waals surface area contributed by atoms with Crippen molar-refractivity contribution in [1.82, 2.24) is 4.90 Å². The van der Waals surface area contributed by atoms with Crippen LogP contribution < -0.4 is 4.74 Å². The number of rotatable bonds is 17. The highest BCUT2D eigenvalue weighted by Crippen LogP contribution is 2.43. The van der Waals surface area contributed by atoms with Crippen molar-refractivity contribution in [3.8, 4) is 5.75 Å². The molecule has 1 saturated carbocycles. The Bertz CT molecular complexity index is 2410. The third-order valence-corrected chi connectivity index (χ3v) is 14.1. The van der Waals surface area contributed by atoms with Gasteiger partial charge in [0.05, 0.1) is 26.4 Å². The number of carbonyl (C=O) groups is 1. The molecule has 64 heavy (non-hydrogen) atoms. The Balaban J connectivity index is 1.07. The summed E-state index contributed by atoms with van der Waals surface area (Å²) in [5, 5.41) is 0. The summed E-state index contributed by atoms with van der Waals surface area (Å²) >= 11 is 1.85. The zero-order valence-corrected chi connectivity index (χ0v) is 37.4. The lowest BCUT2D eigenvalue weighted by Crippen LogP contribution is -2.55. The average molecular weight is 880 g/mol. The summed E-state index contributed by atoms with van der Waals surface area (Å²) in [4.78, 5) is 18.1. The maximum absolute atomic E-state index is 17.3. The predicted molar refractivity (Wildman–Crippen MR) is 249 cm³/mol. The zero-order chi connectivity index (χ0) is 43.7. The third-order valence-electron chi connectivity index (χ3n) is 12.9. The summed E-state index contributed by atoms with van der Waals surface area (Å²) in [7, 11) is 0. The van der Waals surface area contributed by atoms with Crippen LogP contribution >= 0.6 is 11.3 Å². The van der Waals surface area contributed by atoms with Crippen LogP contribution in [-0.2, 0) is 69.6 Å². The average Bonchev–Trinajstić information content (AvgIpc) is 4.03. The molecule has 9 heteroatoms. The first-order valence-electron chi connectivity index (χ1n) is 22.9. The van der Waals surface area contributed by atoms with Crippen LogP contribution in [0, 0.1) is 12.8 Å². The van der Waals surface area contributed by atoms with E-state index in [2.05, 4.69) is 30.0 Å². The lowest BCUT2D eigenvalue weighted by Gasteiger charge is -2.44. The van der Waals surface area contributed by atoms with Crippen molar-refractivity contribution in [2.45, 2.75) is 109 Å². The van der Waals surface area contributed by atoms with Gasteiger partial charge in [-0.05, 0) is 83.3 Å². The third kappa shape index (κ3) is 10.8. The number of hydrogen-bond acceptors (Lipinski definition) is 7. The van der Waals surface area contributed by atoms with Crippen molar-refractivity contribution in [3.05, 3.63) is 194 Å². The van der Waals surface area contributed by atoms with Crippen LogP contribution in [0.4, 0.5) is 4.39 Å². The van der Waals surface area contributed by atoms with Crippen LogP contribution in [0.2, 0.25) is 0 Å². The minimum absolute atomic E-state index is 0.0170. The van der Waals surface area contributed by atoms with E-state index in [9.17, 15) is 4.79 Å². The molecule has 0 unspecified atom stereocenters. The Hall–Kier alpha value is -5.16. The van der Waals surface area contributed by atoms with Gasteiger partial charge in [0.25, 0.3) is 0 Å². The number of amides is 1. The molecule has 1 saturated heterocycles. The van der Waals surface area contributed by atoms with Gasteiger partial charge < -0.3 is 28.6 Å². The van der Waals surface area contributed by atoms with E-state index in [-0.39, 0.29) is 25.7 Å². The number of aryl methyl sites for hydroxylation is 1. The second kappa shape index (κ2) is 21.2. The van der Waals surface area contributed by atoms with E-state index < -0.39 is 30.6 Å². The molecule has 1 aromatic heterocycles. The van der Waals surface area contributed by atoms with Crippen molar-refractivity contribution < 1.29 is 32.9 Å². The number of hydrogen-bond donors (Lipinski definition) is 0. The van der Waals surface area contributed by atoms with Gasteiger partial charge in [-0.3, -0.25) is 4.79 Å². The number of benzene rings is 5. The van der Waals surface area contributed by atoms with E-state index in [1.54, 1.807) is 0 Å². The van der Waals surface area contributed by atoms with Gasteiger partial charge in [0.2, 0.25) is 5.91 Å². The molecule has 2 aliphatic heterocycles. The predicted octanol–water partition coefficient (Wildman–Crippen LogP) is 11.5. The number of alkyl halides is 1. The highest BCUT2D eigenvalue weighted by atomic mass is 32.1. The molecule has 0 bridgehead atoms. The van der Waals surface area contributed by atoms with Crippen molar-refractivity contribution in [1.29, 1.82) is 0 Å². The molecule has 5 aromatic carbocycles. The van der Waals surface area contributed by atoms with E-state index in [1.165, 1.54) is 15.3 Å². The number of nitrogens with zero attached hydrogens (tertiary/aromatic N) is 1. The number of fused-ring (bicyclic) bond motifs is 1. The maximum atomic E-state index is 17.3. The fourth-order valence-electron chi connectivity index (χ4n) is 9.36. The van der Waals surface area contributed by atoms with Crippen LogP contribution in [0.15, 0.2) is 140 Å². The van der Waals surface area contributed by atoms with Crippen LogP contribution in [0.1, 0.15) is 86.0 Å². The van der Waals surface area contributed by atoms with Gasteiger partial charge in [-0.25, -0.2) is 4.39 Å². The molecule has 3 aliphatic rings. The molecule has 9 rings (SSSR count). The highest BCUT2D eigenvalue weighted by molar-refractivity contribution is 7.12. The van der Waals surface area contributed by atoms with Crippen LogP contribution in [0.5, 0.6) is 5.75 Å². The van der Waals surface area contributed by atoms with Crippen LogP contribution in [-0.4, -0.2) is 48.4 Å². The van der Waals surface area contributed by atoms with Crippen LogP contribution in [0.3, 0.4) is 0 Å². The molecule has 332 valence electrons. The molecular formula is C55H58FNO6S. The minimum atomic E-state index is -1.56. The molecule has 2 fully saturated rings. The molecule has 0 radical (unpaired) electrons. The van der Waals surface area contributed by atoms with Gasteiger partial charge in [0.1, 0.15) is 36.8 Å². The minimum Gasteiger partial charge on any atom is -0.489 e. The SMILES string of the molecule is Cc1cc(OCc2ccccc2)c([C@@H]2O[C@H](COCc3ccccc3)[C@@H](F)[C@H](OCc3ccccc3)[C@H]2OCc2ccccc2)cc1Cc1cc2c(s1)CCN(C(=O)C1CCCC1)C2. The Morgan fingerprint density at radius 1 is 0.734 bits per heavy atom. The maximum Gasteiger partial charge on any atom is 0.225 e. The molecule has 0 N–H and O–H groups in total. The standard InChI is InChI=1S/C55H58FNO6S/c1-38-28-48(60-34-40-18-8-3-9-19-40)47(31-44(38)29-46-30-45-32-57(27-26-50(45)64-46)55(58)43-24-14-15-25-43)52-54(62-36-42-22-12-5-13-23-42)53(61-35-41-20-10-4-11-21-41)51(56)49(63-52)37-59-33-39-16-6-2-7-17-39/h2-13,16-23,28,30-31,43,49,51-54H,14-15,24-27,29,32-37H2,1H3/t49-,51-,52+,53+,54+/m1/s1. The van der Waals surface area contributed by atoms with E-state index in [0.717, 1.165) is 77.6 Å². The largest absolute Gasteiger partial charge is 0.489 e. The van der Waals surface area contributed by atoms with Gasteiger partial charge in [-0.2, -0.15) is 0 Å². The quantitative estimate of drug-likeness (QED) is 0.0909. The van der Waals surface area contributed by atoms with Gasteiger partial charge in [-0.1, -0.05) is 134 Å². The van der Waals surface area contributed by atoms with E-state index in [0.29, 0.717) is 37.8 Å². The Morgan fingerprint density at radius 3 is 1.94 bits per heavy atom. The fraction of sp³-hybridized carbons (Fsp3) is 0.364. The molecule has 0 spiro atoms.